The molecule has 2 aromatic rings. The van der Waals surface area contributed by atoms with Crippen LogP contribution in [-0.4, -0.2) is 18.7 Å². The summed E-state index contributed by atoms with van der Waals surface area (Å²) >= 11 is 0. The summed E-state index contributed by atoms with van der Waals surface area (Å²) in [4.78, 5) is 23.6. The van der Waals surface area contributed by atoms with Crippen molar-refractivity contribution in [2.24, 2.45) is 0 Å². The summed E-state index contributed by atoms with van der Waals surface area (Å²) in [6.07, 6.45) is 2.72. The molecule has 3 rings (SSSR count). The lowest BCUT2D eigenvalue weighted by atomic mass is 10.1. The monoisotopic (exact) mass is 325 g/mol. The number of hydrogen-bond donors (Lipinski definition) is 1. The van der Waals surface area contributed by atoms with Crippen molar-refractivity contribution in [3.63, 3.8) is 0 Å². The molecule has 1 aliphatic rings. The van der Waals surface area contributed by atoms with Crippen LogP contribution in [0.2, 0.25) is 0 Å². The zero-order chi connectivity index (χ0) is 16.9. The molecule has 0 atom stereocenters. The van der Waals surface area contributed by atoms with E-state index in [1.807, 2.05) is 18.2 Å². The number of benzene rings is 2. The highest BCUT2D eigenvalue weighted by Gasteiger charge is 2.13. The van der Waals surface area contributed by atoms with Gasteiger partial charge >= 0.3 is 12.1 Å². The van der Waals surface area contributed by atoms with Crippen molar-refractivity contribution in [2.45, 2.75) is 26.2 Å². The minimum absolute atomic E-state index is 0.325. The number of hydrogen-bond acceptors (Lipinski definition) is 4. The molecule has 0 bridgehead atoms. The maximum atomic E-state index is 12.0. The van der Waals surface area contributed by atoms with Crippen molar-refractivity contribution in [1.82, 2.24) is 0 Å². The molecule has 0 saturated heterocycles. The van der Waals surface area contributed by atoms with Gasteiger partial charge in [0.05, 0.1) is 12.2 Å². The van der Waals surface area contributed by atoms with Crippen molar-refractivity contribution < 1.29 is 19.1 Å². The lowest BCUT2D eigenvalue weighted by molar-refractivity contribution is 0.0526. The Morgan fingerprint density at radius 1 is 1.04 bits per heavy atom. The van der Waals surface area contributed by atoms with Crippen LogP contribution in [-0.2, 0) is 17.6 Å². The molecule has 1 amide bonds. The molecule has 1 N–H and O–H groups in total. The van der Waals surface area contributed by atoms with Gasteiger partial charge in [0.25, 0.3) is 0 Å². The minimum atomic E-state index is -0.558. The fraction of sp³-hybridized carbons (Fsp3) is 0.263. The highest BCUT2D eigenvalue weighted by Crippen LogP contribution is 2.26. The van der Waals surface area contributed by atoms with Gasteiger partial charge in [-0.3, -0.25) is 5.32 Å². The van der Waals surface area contributed by atoms with E-state index in [9.17, 15) is 9.59 Å². The lowest BCUT2D eigenvalue weighted by Gasteiger charge is -2.08. The molecule has 0 saturated carbocycles. The third-order valence-corrected chi connectivity index (χ3v) is 3.92. The first-order chi connectivity index (χ1) is 11.7. The maximum Gasteiger partial charge on any atom is 0.417 e. The Morgan fingerprint density at radius 2 is 1.79 bits per heavy atom. The molecule has 24 heavy (non-hydrogen) atoms. The molecule has 0 fully saturated rings. The normalized spacial score (nSPS) is 12.4. The standard InChI is InChI=1S/C19H19NO4/c1-2-23-18(21)14-6-9-16(10-7-14)20-19(22)24-17-11-8-13-4-3-5-15(13)12-17/h6-12H,2-5H2,1H3,(H,20,22). The number of esters is 1. The molecule has 0 radical (unpaired) electrons. The summed E-state index contributed by atoms with van der Waals surface area (Å²) < 4.78 is 10.2. The molecule has 0 unspecified atom stereocenters. The van der Waals surface area contributed by atoms with Crippen molar-refractivity contribution in [1.29, 1.82) is 0 Å². The highest BCUT2D eigenvalue weighted by molar-refractivity contribution is 5.91. The molecule has 0 aliphatic heterocycles. The van der Waals surface area contributed by atoms with Crippen LogP contribution in [0.4, 0.5) is 10.5 Å². The third kappa shape index (κ3) is 3.74. The van der Waals surface area contributed by atoms with Crippen LogP contribution in [0, 0.1) is 0 Å². The number of carbonyl (C=O) groups is 2. The van der Waals surface area contributed by atoms with Crippen molar-refractivity contribution >= 4 is 17.7 Å². The average molecular weight is 325 g/mol. The van der Waals surface area contributed by atoms with Crippen LogP contribution in [0.15, 0.2) is 42.5 Å². The summed E-state index contributed by atoms with van der Waals surface area (Å²) in [6.45, 7) is 2.08. The Morgan fingerprint density at radius 3 is 2.54 bits per heavy atom. The molecule has 0 spiro atoms. The topological polar surface area (TPSA) is 64.6 Å². The van der Waals surface area contributed by atoms with E-state index in [0.717, 1.165) is 19.3 Å². The third-order valence-electron chi connectivity index (χ3n) is 3.92. The van der Waals surface area contributed by atoms with Gasteiger partial charge in [-0.25, -0.2) is 9.59 Å². The number of amides is 1. The van der Waals surface area contributed by atoms with E-state index in [1.54, 1.807) is 31.2 Å². The minimum Gasteiger partial charge on any atom is -0.462 e. The van der Waals surface area contributed by atoms with E-state index in [-0.39, 0.29) is 5.97 Å². The summed E-state index contributed by atoms with van der Waals surface area (Å²) in [5, 5.41) is 2.64. The first-order valence-electron chi connectivity index (χ1n) is 8.03. The van der Waals surface area contributed by atoms with E-state index >= 15 is 0 Å². The van der Waals surface area contributed by atoms with Crippen LogP contribution >= 0.6 is 0 Å². The van der Waals surface area contributed by atoms with Gasteiger partial charge in [-0.2, -0.15) is 0 Å². The van der Waals surface area contributed by atoms with Crippen LogP contribution < -0.4 is 10.1 Å². The molecule has 5 heteroatoms. The highest BCUT2D eigenvalue weighted by atomic mass is 16.6. The van der Waals surface area contributed by atoms with E-state index in [4.69, 9.17) is 9.47 Å². The van der Waals surface area contributed by atoms with Gasteiger partial charge < -0.3 is 9.47 Å². The Balaban J connectivity index is 1.59. The zero-order valence-corrected chi connectivity index (χ0v) is 13.5. The number of anilines is 1. The van der Waals surface area contributed by atoms with Crippen LogP contribution in [0.5, 0.6) is 5.75 Å². The van der Waals surface area contributed by atoms with Gasteiger partial charge in [-0.1, -0.05) is 6.07 Å². The summed E-state index contributed by atoms with van der Waals surface area (Å²) in [6, 6.07) is 12.2. The SMILES string of the molecule is CCOC(=O)c1ccc(NC(=O)Oc2ccc3c(c2)CCC3)cc1. The number of aryl methyl sites for hydroxylation is 2. The first-order valence-corrected chi connectivity index (χ1v) is 8.03. The van der Waals surface area contributed by atoms with E-state index in [1.165, 1.54) is 11.1 Å². The summed E-state index contributed by atoms with van der Waals surface area (Å²) in [5.74, 6) is 0.154. The van der Waals surface area contributed by atoms with E-state index in [2.05, 4.69) is 5.32 Å². The van der Waals surface area contributed by atoms with Crippen LogP contribution in [0.3, 0.4) is 0 Å². The fourth-order valence-electron chi connectivity index (χ4n) is 2.77. The van der Waals surface area contributed by atoms with Gasteiger partial charge in [0.15, 0.2) is 0 Å². The lowest BCUT2D eigenvalue weighted by Crippen LogP contribution is -2.17. The summed E-state index contributed by atoms with van der Waals surface area (Å²) in [7, 11) is 0. The Hall–Kier alpha value is -2.82. The predicted octanol–water partition coefficient (Wildman–Crippen LogP) is 3.96. The second-order valence-corrected chi connectivity index (χ2v) is 5.60. The van der Waals surface area contributed by atoms with E-state index in [0.29, 0.717) is 23.6 Å². The molecule has 124 valence electrons. The number of carbonyl (C=O) groups excluding carboxylic acids is 2. The maximum absolute atomic E-state index is 12.0. The molecular weight excluding hydrogens is 306 g/mol. The first kappa shape index (κ1) is 16.1. The molecule has 5 nitrogen and oxygen atoms in total. The van der Waals surface area contributed by atoms with Gasteiger partial charge in [-0.05, 0) is 73.7 Å². The van der Waals surface area contributed by atoms with Gasteiger partial charge in [0.1, 0.15) is 5.75 Å². The smallest absolute Gasteiger partial charge is 0.417 e. The molecule has 0 aromatic heterocycles. The second-order valence-electron chi connectivity index (χ2n) is 5.60. The Labute approximate surface area is 140 Å². The predicted molar refractivity (Wildman–Crippen MR) is 90.5 cm³/mol. The number of nitrogens with one attached hydrogen (secondary N) is 1. The van der Waals surface area contributed by atoms with Crippen molar-refractivity contribution in [2.75, 3.05) is 11.9 Å². The molecule has 2 aromatic carbocycles. The molecular formula is C19H19NO4. The van der Waals surface area contributed by atoms with Crippen LogP contribution in [0.1, 0.15) is 34.8 Å². The average Bonchev–Trinajstić information content (AvgIpc) is 3.03. The Bertz CT molecular complexity index is 752. The van der Waals surface area contributed by atoms with Crippen molar-refractivity contribution in [3.8, 4) is 5.75 Å². The quantitative estimate of drug-likeness (QED) is 0.864. The number of rotatable bonds is 4. The largest absolute Gasteiger partial charge is 0.462 e. The zero-order valence-electron chi connectivity index (χ0n) is 13.5. The molecule has 0 heterocycles. The van der Waals surface area contributed by atoms with Gasteiger partial charge in [0.2, 0.25) is 0 Å². The number of ether oxygens (including phenoxy) is 2. The van der Waals surface area contributed by atoms with Crippen molar-refractivity contribution in [3.05, 3.63) is 59.2 Å². The number of fused-ring (bicyclic) bond motifs is 1. The van der Waals surface area contributed by atoms with Crippen LogP contribution in [0.25, 0.3) is 0 Å². The van der Waals surface area contributed by atoms with E-state index < -0.39 is 6.09 Å². The Kier molecular flexibility index (Phi) is 4.79. The second kappa shape index (κ2) is 7.17. The van der Waals surface area contributed by atoms with Gasteiger partial charge in [0, 0.05) is 5.69 Å². The van der Waals surface area contributed by atoms with Gasteiger partial charge in [-0.15, -0.1) is 0 Å². The summed E-state index contributed by atoms with van der Waals surface area (Å²) in [5.41, 5.74) is 3.57. The fourth-order valence-corrected chi connectivity index (χ4v) is 2.77. The molecule has 1 aliphatic carbocycles.